The third-order valence-corrected chi connectivity index (χ3v) is 6.59. The summed E-state index contributed by atoms with van der Waals surface area (Å²) < 4.78 is 51.3. The first kappa shape index (κ1) is 16.6. The molecule has 122 valence electrons. The van der Waals surface area contributed by atoms with Gasteiger partial charge >= 0.3 is 0 Å². The van der Waals surface area contributed by atoms with Gasteiger partial charge in [0.05, 0.1) is 27.6 Å². The van der Waals surface area contributed by atoms with Crippen molar-refractivity contribution in [1.29, 1.82) is 0 Å². The van der Waals surface area contributed by atoms with Crippen molar-refractivity contribution in [2.45, 2.75) is 25.0 Å². The molecule has 9 heteroatoms. The summed E-state index contributed by atoms with van der Waals surface area (Å²) in [6.45, 7) is 3.25. The van der Waals surface area contributed by atoms with Gasteiger partial charge in [0.2, 0.25) is 0 Å². The summed E-state index contributed by atoms with van der Waals surface area (Å²) in [6, 6.07) is 1.28. The van der Waals surface area contributed by atoms with Gasteiger partial charge in [-0.15, -0.1) is 0 Å². The molecule has 0 N–H and O–H groups in total. The number of halogens is 2. The minimum Gasteiger partial charge on any atom is -0.366 e. The van der Waals surface area contributed by atoms with Crippen LogP contribution in [-0.4, -0.2) is 36.9 Å². The SMILES string of the molecule is CC1(C)CCN(c2c(F)cc([N+](=O)[O-])cc2F)CCS1(=O)=O. The van der Waals surface area contributed by atoms with Gasteiger partial charge in [-0.3, -0.25) is 10.1 Å². The van der Waals surface area contributed by atoms with Crippen molar-refractivity contribution >= 4 is 21.2 Å². The molecule has 0 atom stereocenters. The summed E-state index contributed by atoms with van der Waals surface area (Å²) in [4.78, 5) is 11.0. The highest BCUT2D eigenvalue weighted by Gasteiger charge is 2.38. The molecule has 1 aromatic carbocycles. The van der Waals surface area contributed by atoms with E-state index in [-0.39, 0.29) is 25.3 Å². The average molecular weight is 334 g/mol. The van der Waals surface area contributed by atoms with E-state index in [2.05, 4.69) is 0 Å². The minimum atomic E-state index is -3.38. The molecular formula is C13H16F2N2O4S. The van der Waals surface area contributed by atoms with Crippen LogP contribution in [0.1, 0.15) is 20.3 Å². The van der Waals surface area contributed by atoms with E-state index in [0.29, 0.717) is 12.1 Å². The molecule has 0 bridgehead atoms. The third-order valence-electron chi connectivity index (χ3n) is 3.98. The molecule has 0 aliphatic carbocycles. The van der Waals surface area contributed by atoms with Crippen LogP contribution in [0.4, 0.5) is 20.2 Å². The first-order valence-corrected chi connectivity index (χ1v) is 8.31. The number of hydrogen-bond donors (Lipinski definition) is 0. The molecule has 1 saturated heterocycles. The summed E-state index contributed by atoms with van der Waals surface area (Å²) >= 11 is 0. The summed E-state index contributed by atoms with van der Waals surface area (Å²) in [5.41, 5.74) is -1.10. The molecule has 1 aromatic rings. The van der Waals surface area contributed by atoms with E-state index in [4.69, 9.17) is 0 Å². The molecule has 1 heterocycles. The Labute approximate surface area is 126 Å². The van der Waals surface area contributed by atoms with Gasteiger partial charge in [-0.2, -0.15) is 0 Å². The largest absolute Gasteiger partial charge is 0.366 e. The average Bonchev–Trinajstić information content (AvgIpc) is 2.48. The molecule has 0 amide bonds. The van der Waals surface area contributed by atoms with Gasteiger partial charge in [0.15, 0.2) is 21.5 Å². The Morgan fingerprint density at radius 1 is 1.23 bits per heavy atom. The molecule has 0 radical (unpaired) electrons. The standard InChI is InChI=1S/C13H16F2N2O4S/c1-13(2)3-4-16(5-6-22(13,20)21)12-10(14)7-9(17(18)19)8-11(12)15/h7-8H,3-6H2,1-2H3. The van der Waals surface area contributed by atoms with Crippen molar-refractivity contribution in [1.82, 2.24) is 0 Å². The maximum absolute atomic E-state index is 14.0. The number of anilines is 1. The Bertz CT molecular complexity index is 696. The zero-order chi connectivity index (χ0) is 16.7. The predicted molar refractivity (Wildman–Crippen MR) is 77.7 cm³/mol. The van der Waals surface area contributed by atoms with Crippen LogP contribution in [0.15, 0.2) is 12.1 Å². The molecular weight excluding hydrogens is 318 g/mol. The van der Waals surface area contributed by atoms with E-state index >= 15 is 0 Å². The lowest BCUT2D eigenvalue weighted by atomic mass is 10.1. The van der Waals surface area contributed by atoms with Gasteiger partial charge in [0.25, 0.3) is 5.69 Å². The normalized spacial score (nSPS) is 20.5. The molecule has 2 rings (SSSR count). The summed E-state index contributed by atoms with van der Waals surface area (Å²) in [6.07, 6.45) is 0.213. The summed E-state index contributed by atoms with van der Waals surface area (Å²) in [5, 5.41) is 10.6. The first-order valence-electron chi connectivity index (χ1n) is 6.66. The van der Waals surface area contributed by atoms with Crippen molar-refractivity contribution in [2.24, 2.45) is 0 Å². The highest BCUT2D eigenvalue weighted by Crippen LogP contribution is 2.32. The Morgan fingerprint density at radius 3 is 2.27 bits per heavy atom. The number of sulfone groups is 1. The molecule has 1 aliphatic heterocycles. The smallest absolute Gasteiger partial charge is 0.275 e. The van der Waals surface area contributed by atoms with Crippen LogP contribution in [-0.2, 0) is 9.84 Å². The van der Waals surface area contributed by atoms with Crippen molar-refractivity contribution in [3.63, 3.8) is 0 Å². The van der Waals surface area contributed by atoms with Gasteiger partial charge in [-0.25, -0.2) is 17.2 Å². The second-order valence-electron chi connectivity index (χ2n) is 5.83. The first-order chi connectivity index (χ1) is 10.0. The summed E-state index contributed by atoms with van der Waals surface area (Å²) in [7, 11) is -3.38. The molecule has 0 unspecified atom stereocenters. The molecule has 1 aliphatic rings. The second kappa shape index (κ2) is 5.45. The van der Waals surface area contributed by atoms with Crippen LogP contribution in [0.2, 0.25) is 0 Å². The fourth-order valence-corrected chi connectivity index (χ4v) is 3.78. The quantitative estimate of drug-likeness (QED) is 0.612. The predicted octanol–water partition coefficient (Wildman–Crippen LogP) is 2.28. The molecule has 0 aromatic heterocycles. The Kier molecular flexibility index (Phi) is 4.12. The van der Waals surface area contributed by atoms with E-state index in [1.54, 1.807) is 13.8 Å². The van der Waals surface area contributed by atoms with Crippen molar-refractivity contribution < 1.29 is 22.1 Å². The maximum atomic E-state index is 14.0. The van der Waals surface area contributed by atoms with Gasteiger partial charge in [0.1, 0.15) is 5.69 Å². The minimum absolute atomic E-state index is 0.0581. The molecule has 1 fully saturated rings. The molecule has 22 heavy (non-hydrogen) atoms. The van der Waals surface area contributed by atoms with Crippen LogP contribution >= 0.6 is 0 Å². The van der Waals surface area contributed by atoms with E-state index in [1.165, 1.54) is 4.90 Å². The van der Waals surface area contributed by atoms with Crippen molar-refractivity contribution in [3.8, 4) is 0 Å². The number of benzene rings is 1. The van der Waals surface area contributed by atoms with Crippen molar-refractivity contribution in [2.75, 3.05) is 23.7 Å². The summed E-state index contributed by atoms with van der Waals surface area (Å²) in [5.74, 6) is -2.36. The fraction of sp³-hybridized carbons (Fsp3) is 0.538. The number of rotatable bonds is 2. The van der Waals surface area contributed by atoms with Crippen molar-refractivity contribution in [3.05, 3.63) is 33.9 Å². The monoisotopic (exact) mass is 334 g/mol. The molecule has 6 nitrogen and oxygen atoms in total. The zero-order valence-electron chi connectivity index (χ0n) is 12.2. The van der Waals surface area contributed by atoms with E-state index in [1.807, 2.05) is 0 Å². The Balaban J connectivity index is 2.40. The van der Waals surface area contributed by atoms with Gasteiger partial charge < -0.3 is 4.90 Å². The second-order valence-corrected chi connectivity index (χ2v) is 8.57. The van der Waals surface area contributed by atoms with Gasteiger partial charge in [0, 0.05) is 13.1 Å². The Hall–Kier alpha value is -1.77. The van der Waals surface area contributed by atoms with Crippen LogP contribution in [0.3, 0.4) is 0 Å². The number of hydrogen-bond acceptors (Lipinski definition) is 5. The molecule has 0 spiro atoms. The van der Waals surface area contributed by atoms with E-state index < -0.39 is 42.5 Å². The van der Waals surface area contributed by atoms with Crippen LogP contribution in [0, 0.1) is 21.7 Å². The zero-order valence-corrected chi connectivity index (χ0v) is 13.0. The molecule has 0 saturated carbocycles. The number of nitro benzene ring substituents is 1. The Morgan fingerprint density at radius 2 is 1.77 bits per heavy atom. The van der Waals surface area contributed by atoms with E-state index in [0.717, 1.165) is 0 Å². The highest BCUT2D eigenvalue weighted by atomic mass is 32.2. The third kappa shape index (κ3) is 2.90. The number of non-ortho nitro benzene ring substituents is 1. The van der Waals surface area contributed by atoms with Gasteiger partial charge in [-0.05, 0) is 20.3 Å². The van der Waals surface area contributed by atoms with Gasteiger partial charge in [-0.1, -0.05) is 0 Å². The lowest BCUT2D eigenvalue weighted by Gasteiger charge is -2.24. The van der Waals surface area contributed by atoms with Crippen LogP contribution < -0.4 is 4.90 Å². The van der Waals surface area contributed by atoms with Crippen LogP contribution in [0.25, 0.3) is 0 Å². The highest BCUT2D eigenvalue weighted by molar-refractivity contribution is 7.92. The lowest BCUT2D eigenvalue weighted by molar-refractivity contribution is -0.385. The van der Waals surface area contributed by atoms with E-state index in [9.17, 15) is 27.3 Å². The fourth-order valence-electron chi connectivity index (χ4n) is 2.36. The lowest BCUT2D eigenvalue weighted by Crippen LogP contribution is -2.33. The topological polar surface area (TPSA) is 80.5 Å². The van der Waals surface area contributed by atoms with Crippen LogP contribution in [0.5, 0.6) is 0 Å². The number of nitro groups is 1. The maximum Gasteiger partial charge on any atom is 0.275 e. The number of nitrogens with zero attached hydrogens (tertiary/aromatic N) is 2.